The van der Waals surface area contributed by atoms with Gasteiger partial charge in [0, 0.05) is 18.5 Å². The van der Waals surface area contributed by atoms with Crippen molar-refractivity contribution in [1.82, 2.24) is 19.7 Å². The minimum absolute atomic E-state index is 0.172. The molecule has 22 heavy (non-hydrogen) atoms. The Hall–Kier alpha value is -1.43. The lowest BCUT2D eigenvalue weighted by atomic mass is 9.65. The number of aromatic nitrogens is 3. The van der Waals surface area contributed by atoms with Crippen LogP contribution in [0.1, 0.15) is 43.8 Å². The smallest absolute Gasteiger partial charge is 0.226 e. The van der Waals surface area contributed by atoms with E-state index in [1.807, 2.05) is 16.5 Å². The van der Waals surface area contributed by atoms with Gasteiger partial charge in [0.25, 0.3) is 0 Å². The van der Waals surface area contributed by atoms with E-state index in [0.717, 1.165) is 37.6 Å². The third-order valence-electron chi connectivity index (χ3n) is 5.84. The van der Waals surface area contributed by atoms with Crippen LogP contribution in [0.25, 0.3) is 0 Å². The van der Waals surface area contributed by atoms with Crippen LogP contribution in [0.4, 0.5) is 0 Å². The number of hydrogen-bond donors (Lipinski definition) is 1. The van der Waals surface area contributed by atoms with Gasteiger partial charge in [0.1, 0.15) is 11.6 Å². The van der Waals surface area contributed by atoms with Crippen molar-refractivity contribution in [3.8, 4) is 0 Å². The number of amides is 1. The minimum atomic E-state index is 0.172. The molecule has 4 rings (SSSR count). The van der Waals surface area contributed by atoms with Crippen LogP contribution in [0.2, 0.25) is 0 Å². The quantitative estimate of drug-likeness (QED) is 0.842. The molecule has 0 saturated heterocycles. The first kappa shape index (κ1) is 14.2. The van der Waals surface area contributed by atoms with Crippen LogP contribution in [0.5, 0.6) is 0 Å². The molecule has 2 saturated carbocycles. The van der Waals surface area contributed by atoms with Crippen LogP contribution in [-0.2, 0) is 17.9 Å². The molecule has 1 aromatic rings. The molecule has 0 spiro atoms. The average molecular weight is 303 g/mol. The van der Waals surface area contributed by atoms with Gasteiger partial charge < -0.3 is 10.6 Å². The molecule has 6 nitrogen and oxygen atoms in total. The second kappa shape index (κ2) is 5.33. The van der Waals surface area contributed by atoms with E-state index in [1.165, 1.54) is 19.3 Å². The topological polar surface area (TPSA) is 77.0 Å². The van der Waals surface area contributed by atoms with Gasteiger partial charge in [0.05, 0.1) is 13.1 Å². The first-order valence-corrected chi connectivity index (χ1v) is 8.56. The van der Waals surface area contributed by atoms with Gasteiger partial charge in [0.2, 0.25) is 5.91 Å². The van der Waals surface area contributed by atoms with Crippen molar-refractivity contribution in [1.29, 1.82) is 0 Å². The Balaban J connectivity index is 1.46. The zero-order valence-corrected chi connectivity index (χ0v) is 13.2. The lowest BCUT2D eigenvalue weighted by molar-refractivity contribution is -0.140. The fourth-order valence-electron chi connectivity index (χ4n) is 4.70. The number of aryl methyl sites for hydroxylation is 1. The predicted octanol–water partition coefficient (Wildman–Crippen LogP) is 1.08. The summed E-state index contributed by atoms with van der Waals surface area (Å²) >= 11 is 0. The van der Waals surface area contributed by atoms with Gasteiger partial charge in [-0.25, -0.2) is 9.67 Å². The number of hydrogen-bond acceptors (Lipinski definition) is 4. The fourth-order valence-corrected chi connectivity index (χ4v) is 4.70. The Labute approximate surface area is 131 Å². The molecule has 1 aliphatic heterocycles. The highest BCUT2D eigenvalue weighted by Gasteiger charge is 2.42. The largest absolute Gasteiger partial charge is 0.333 e. The molecule has 2 fully saturated rings. The fraction of sp³-hybridized carbons (Fsp3) is 0.812. The van der Waals surface area contributed by atoms with E-state index in [4.69, 9.17) is 5.73 Å². The second-order valence-electron chi connectivity index (χ2n) is 7.25. The second-order valence-corrected chi connectivity index (χ2v) is 7.25. The Bertz CT molecular complexity index is 569. The number of rotatable bonds is 1. The van der Waals surface area contributed by atoms with Gasteiger partial charge in [-0.05, 0) is 44.4 Å². The van der Waals surface area contributed by atoms with Crippen LogP contribution >= 0.6 is 0 Å². The monoisotopic (exact) mass is 303 g/mol. The molecule has 2 heterocycles. The summed E-state index contributed by atoms with van der Waals surface area (Å²) in [4.78, 5) is 19.4. The highest BCUT2D eigenvalue weighted by Crippen LogP contribution is 2.42. The van der Waals surface area contributed by atoms with E-state index in [1.54, 1.807) is 0 Å². The molecule has 2 N–H and O–H groups in total. The van der Waals surface area contributed by atoms with Crippen molar-refractivity contribution in [2.24, 2.45) is 23.5 Å². The van der Waals surface area contributed by atoms with Gasteiger partial charge in [-0.1, -0.05) is 6.42 Å². The number of carbonyl (C=O) groups excluding carboxylic acids is 1. The summed E-state index contributed by atoms with van der Waals surface area (Å²) in [6.07, 6.45) is 5.66. The zero-order valence-electron chi connectivity index (χ0n) is 13.2. The molecule has 1 amide bonds. The average Bonchev–Trinajstić information content (AvgIpc) is 2.85. The molecule has 0 aromatic carbocycles. The Morgan fingerprint density at radius 3 is 2.68 bits per heavy atom. The highest BCUT2D eigenvalue weighted by atomic mass is 16.2. The van der Waals surface area contributed by atoms with E-state index >= 15 is 0 Å². The maximum absolute atomic E-state index is 12.9. The van der Waals surface area contributed by atoms with Gasteiger partial charge >= 0.3 is 0 Å². The standard InChI is InChI=1S/C16H25N5O/c1-10-18-14-9-20(5-6-21(14)19-10)16(22)13-7-11-3-2-4-12(8-13)15(11)17/h11-13,15H,2-9,17H2,1H3. The van der Waals surface area contributed by atoms with E-state index in [2.05, 4.69) is 10.1 Å². The van der Waals surface area contributed by atoms with Gasteiger partial charge in [-0.15, -0.1) is 0 Å². The Morgan fingerprint density at radius 1 is 1.23 bits per heavy atom. The first-order chi connectivity index (χ1) is 10.6. The molecule has 2 atom stereocenters. The molecule has 120 valence electrons. The summed E-state index contributed by atoms with van der Waals surface area (Å²) in [7, 11) is 0. The molecule has 2 unspecified atom stereocenters. The van der Waals surface area contributed by atoms with Crippen molar-refractivity contribution in [2.75, 3.05) is 6.54 Å². The third kappa shape index (κ3) is 2.33. The van der Waals surface area contributed by atoms with Crippen LogP contribution in [0.15, 0.2) is 0 Å². The summed E-state index contributed by atoms with van der Waals surface area (Å²) in [6.45, 7) is 4.03. The van der Waals surface area contributed by atoms with Gasteiger partial charge in [-0.2, -0.15) is 5.10 Å². The lowest BCUT2D eigenvalue weighted by Gasteiger charge is -2.44. The molecule has 0 radical (unpaired) electrons. The molecule has 6 heteroatoms. The summed E-state index contributed by atoms with van der Waals surface area (Å²) in [5.74, 6) is 3.31. The molecular weight excluding hydrogens is 278 g/mol. The summed E-state index contributed by atoms with van der Waals surface area (Å²) in [5.41, 5.74) is 6.34. The summed E-state index contributed by atoms with van der Waals surface area (Å²) < 4.78 is 1.94. The molecule has 2 bridgehead atoms. The zero-order chi connectivity index (χ0) is 15.3. The van der Waals surface area contributed by atoms with E-state index < -0.39 is 0 Å². The highest BCUT2D eigenvalue weighted by molar-refractivity contribution is 5.79. The SMILES string of the molecule is Cc1nc2n(n1)CCN(C(=O)C1CC3CCCC(C1)C3N)C2. The maximum Gasteiger partial charge on any atom is 0.226 e. The maximum atomic E-state index is 12.9. The molecule has 2 aliphatic carbocycles. The number of nitrogens with two attached hydrogens (primary N) is 1. The Kier molecular flexibility index (Phi) is 3.44. The number of fused-ring (bicyclic) bond motifs is 3. The van der Waals surface area contributed by atoms with E-state index in [-0.39, 0.29) is 5.92 Å². The molecule has 1 aromatic heterocycles. The summed E-state index contributed by atoms with van der Waals surface area (Å²) in [6, 6.07) is 0.324. The number of nitrogens with zero attached hydrogens (tertiary/aromatic N) is 4. The normalized spacial score (nSPS) is 34.4. The van der Waals surface area contributed by atoms with Gasteiger partial charge in [0.15, 0.2) is 0 Å². The van der Waals surface area contributed by atoms with E-state index in [0.29, 0.717) is 30.3 Å². The third-order valence-corrected chi connectivity index (χ3v) is 5.84. The van der Waals surface area contributed by atoms with Crippen molar-refractivity contribution >= 4 is 5.91 Å². The lowest BCUT2D eigenvalue weighted by Crippen LogP contribution is -2.50. The van der Waals surface area contributed by atoms with Crippen molar-refractivity contribution in [3.63, 3.8) is 0 Å². The molecular formula is C16H25N5O. The predicted molar refractivity (Wildman–Crippen MR) is 81.7 cm³/mol. The first-order valence-electron chi connectivity index (χ1n) is 8.56. The van der Waals surface area contributed by atoms with E-state index in [9.17, 15) is 4.79 Å². The van der Waals surface area contributed by atoms with Crippen molar-refractivity contribution in [2.45, 2.75) is 58.2 Å². The van der Waals surface area contributed by atoms with Gasteiger partial charge in [-0.3, -0.25) is 4.79 Å². The minimum Gasteiger partial charge on any atom is -0.333 e. The van der Waals surface area contributed by atoms with Crippen LogP contribution in [0, 0.1) is 24.7 Å². The van der Waals surface area contributed by atoms with Crippen LogP contribution < -0.4 is 5.73 Å². The van der Waals surface area contributed by atoms with Crippen LogP contribution in [0.3, 0.4) is 0 Å². The Morgan fingerprint density at radius 2 is 1.95 bits per heavy atom. The van der Waals surface area contributed by atoms with Crippen LogP contribution in [-0.4, -0.2) is 38.2 Å². The number of carbonyl (C=O) groups is 1. The van der Waals surface area contributed by atoms with Crippen molar-refractivity contribution in [3.05, 3.63) is 11.6 Å². The molecule has 3 aliphatic rings. The van der Waals surface area contributed by atoms with Crippen molar-refractivity contribution < 1.29 is 4.79 Å². The summed E-state index contributed by atoms with van der Waals surface area (Å²) in [5, 5.41) is 4.37.